The van der Waals surface area contributed by atoms with Crippen molar-refractivity contribution in [3.05, 3.63) is 63.0 Å². The summed E-state index contributed by atoms with van der Waals surface area (Å²) in [4.78, 5) is 18.6. The first-order valence-electron chi connectivity index (χ1n) is 6.78. The highest BCUT2D eigenvalue weighted by atomic mass is 32.1. The van der Waals surface area contributed by atoms with Crippen LogP contribution in [-0.2, 0) is 6.42 Å². The summed E-state index contributed by atoms with van der Waals surface area (Å²) in [6.45, 7) is 4.10. The minimum Gasteiger partial charge on any atom is -0.267 e. The third-order valence-electron chi connectivity index (χ3n) is 3.24. The van der Waals surface area contributed by atoms with E-state index in [1.54, 1.807) is 17.6 Å². The maximum absolute atomic E-state index is 12.3. The van der Waals surface area contributed by atoms with Gasteiger partial charge in [0.05, 0.1) is 11.6 Å². The number of rotatable bonds is 3. The topological polar surface area (TPSA) is 47.2 Å². The molecule has 21 heavy (non-hydrogen) atoms. The van der Waals surface area contributed by atoms with Crippen molar-refractivity contribution in [2.24, 2.45) is 5.10 Å². The van der Waals surface area contributed by atoms with Gasteiger partial charge in [0, 0.05) is 4.88 Å². The zero-order chi connectivity index (χ0) is 14.8. The molecule has 0 aliphatic heterocycles. The lowest BCUT2D eigenvalue weighted by molar-refractivity contribution is 0.818. The largest absolute Gasteiger partial charge is 0.282 e. The Balaban J connectivity index is 1.99. The molecular weight excluding hydrogens is 282 g/mol. The van der Waals surface area contributed by atoms with Crippen molar-refractivity contribution in [2.45, 2.75) is 20.3 Å². The summed E-state index contributed by atoms with van der Waals surface area (Å²) in [5, 5.41) is 4.85. The van der Waals surface area contributed by atoms with E-state index < -0.39 is 0 Å². The van der Waals surface area contributed by atoms with Gasteiger partial charge in [0.1, 0.15) is 11.2 Å². The van der Waals surface area contributed by atoms with E-state index in [1.165, 1.54) is 16.6 Å². The molecule has 0 aliphatic rings. The highest BCUT2D eigenvalue weighted by Gasteiger charge is 2.07. The van der Waals surface area contributed by atoms with Crippen molar-refractivity contribution < 1.29 is 0 Å². The molecular formula is C16H15N3OS. The molecule has 0 radical (unpaired) electrons. The molecule has 0 saturated carbocycles. The quantitative estimate of drug-likeness (QED) is 0.697. The summed E-state index contributed by atoms with van der Waals surface area (Å²) in [6, 6.07) is 9.87. The van der Waals surface area contributed by atoms with E-state index in [9.17, 15) is 4.79 Å². The number of aromatic nitrogens is 2. The van der Waals surface area contributed by atoms with Gasteiger partial charge in [-0.2, -0.15) is 9.78 Å². The average Bonchev–Trinajstić information content (AvgIpc) is 2.92. The SMILES string of the molecule is CCc1cc2c(=O)n(/N=C\c3ccc(C)cc3)cnc2s1. The lowest BCUT2D eigenvalue weighted by Crippen LogP contribution is -2.16. The smallest absolute Gasteiger partial charge is 0.267 e. The Morgan fingerprint density at radius 2 is 2.10 bits per heavy atom. The molecule has 0 saturated heterocycles. The van der Waals surface area contributed by atoms with Crippen LogP contribution < -0.4 is 5.56 Å². The molecule has 0 bridgehead atoms. The molecule has 0 N–H and O–H groups in total. The highest BCUT2D eigenvalue weighted by molar-refractivity contribution is 7.18. The van der Waals surface area contributed by atoms with E-state index in [0.717, 1.165) is 21.7 Å². The predicted molar refractivity (Wildman–Crippen MR) is 87.4 cm³/mol. The van der Waals surface area contributed by atoms with Gasteiger partial charge in [0.2, 0.25) is 0 Å². The first-order valence-corrected chi connectivity index (χ1v) is 7.60. The maximum atomic E-state index is 12.3. The van der Waals surface area contributed by atoms with Gasteiger partial charge in [0.15, 0.2) is 0 Å². The van der Waals surface area contributed by atoms with Crippen molar-refractivity contribution >= 4 is 27.8 Å². The van der Waals surface area contributed by atoms with Gasteiger partial charge in [-0.25, -0.2) is 4.98 Å². The lowest BCUT2D eigenvalue weighted by atomic mass is 10.2. The van der Waals surface area contributed by atoms with E-state index in [0.29, 0.717) is 5.39 Å². The van der Waals surface area contributed by atoms with E-state index in [1.807, 2.05) is 37.3 Å². The van der Waals surface area contributed by atoms with Crippen LogP contribution in [0.2, 0.25) is 0 Å². The molecule has 106 valence electrons. The van der Waals surface area contributed by atoms with E-state index in [2.05, 4.69) is 17.0 Å². The first kappa shape index (κ1) is 13.7. The first-order chi connectivity index (χ1) is 10.2. The molecule has 0 fully saturated rings. The van der Waals surface area contributed by atoms with Crippen LogP contribution in [-0.4, -0.2) is 15.9 Å². The Morgan fingerprint density at radius 3 is 2.81 bits per heavy atom. The number of hydrogen-bond acceptors (Lipinski definition) is 4. The molecule has 0 atom stereocenters. The Labute approximate surface area is 126 Å². The van der Waals surface area contributed by atoms with Crippen molar-refractivity contribution in [1.82, 2.24) is 9.66 Å². The third-order valence-corrected chi connectivity index (χ3v) is 4.43. The standard InChI is InChI=1S/C16H15N3OS/c1-3-13-8-14-15(21-13)17-10-19(16(14)20)18-9-12-6-4-11(2)5-7-12/h4-10H,3H2,1-2H3/b18-9-. The van der Waals surface area contributed by atoms with Crippen LogP contribution in [0, 0.1) is 6.92 Å². The summed E-state index contributed by atoms with van der Waals surface area (Å²) < 4.78 is 1.29. The summed E-state index contributed by atoms with van der Waals surface area (Å²) in [7, 11) is 0. The molecule has 0 amide bonds. The van der Waals surface area contributed by atoms with Gasteiger partial charge in [-0.3, -0.25) is 4.79 Å². The molecule has 3 rings (SSSR count). The normalized spacial score (nSPS) is 11.5. The molecule has 0 aliphatic carbocycles. The van der Waals surface area contributed by atoms with Gasteiger partial charge in [0.25, 0.3) is 5.56 Å². The number of fused-ring (bicyclic) bond motifs is 1. The fourth-order valence-corrected chi connectivity index (χ4v) is 2.93. The average molecular weight is 297 g/mol. The molecule has 1 aromatic carbocycles. The van der Waals surface area contributed by atoms with Gasteiger partial charge in [-0.15, -0.1) is 11.3 Å². The van der Waals surface area contributed by atoms with Crippen LogP contribution in [0.15, 0.2) is 46.6 Å². The number of thiophene rings is 1. The van der Waals surface area contributed by atoms with Crippen molar-refractivity contribution in [3.63, 3.8) is 0 Å². The second-order valence-electron chi connectivity index (χ2n) is 4.83. The minimum atomic E-state index is -0.126. The Bertz CT molecular complexity index is 859. The molecule has 0 spiro atoms. The predicted octanol–water partition coefficient (Wildman–Crippen LogP) is 3.21. The van der Waals surface area contributed by atoms with Crippen LogP contribution in [0.3, 0.4) is 0 Å². The summed E-state index contributed by atoms with van der Waals surface area (Å²) in [6.07, 6.45) is 4.06. The number of benzene rings is 1. The van der Waals surface area contributed by atoms with Gasteiger partial charge >= 0.3 is 0 Å². The van der Waals surface area contributed by atoms with E-state index in [-0.39, 0.29) is 5.56 Å². The van der Waals surface area contributed by atoms with Gasteiger partial charge < -0.3 is 0 Å². The van der Waals surface area contributed by atoms with Crippen molar-refractivity contribution in [3.8, 4) is 0 Å². The Morgan fingerprint density at radius 1 is 1.33 bits per heavy atom. The van der Waals surface area contributed by atoms with Gasteiger partial charge in [-0.05, 0) is 25.0 Å². The van der Waals surface area contributed by atoms with Crippen molar-refractivity contribution in [1.29, 1.82) is 0 Å². The van der Waals surface area contributed by atoms with Crippen LogP contribution in [0.25, 0.3) is 10.2 Å². The lowest BCUT2D eigenvalue weighted by Gasteiger charge is -1.97. The second-order valence-corrected chi connectivity index (χ2v) is 5.95. The van der Waals surface area contributed by atoms with Crippen molar-refractivity contribution in [2.75, 3.05) is 0 Å². The monoisotopic (exact) mass is 297 g/mol. The zero-order valence-electron chi connectivity index (χ0n) is 11.9. The molecule has 4 nitrogen and oxygen atoms in total. The summed E-state index contributed by atoms with van der Waals surface area (Å²) in [5.74, 6) is 0. The summed E-state index contributed by atoms with van der Waals surface area (Å²) in [5.41, 5.74) is 2.02. The van der Waals surface area contributed by atoms with E-state index in [4.69, 9.17) is 0 Å². The molecule has 2 aromatic heterocycles. The second kappa shape index (κ2) is 5.61. The van der Waals surface area contributed by atoms with Gasteiger partial charge in [-0.1, -0.05) is 36.8 Å². The fraction of sp³-hybridized carbons (Fsp3) is 0.188. The fourth-order valence-electron chi connectivity index (χ4n) is 2.00. The number of aryl methyl sites for hydroxylation is 2. The highest BCUT2D eigenvalue weighted by Crippen LogP contribution is 2.20. The van der Waals surface area contributed by atoms with Crippen LogP contribution >= 0.6 is 11.3 Å². The molecule has 3 aromatic rings. The van der Waals surface area contributed by atoms with Crippen LogP contribution in [0.4, 0.5) is 0 Å². The molecule has 0 unspecified atom stereocenters. The molecule has 5 heteroatoms. The summed E-state index contributed by atoms with van der Waals surface area (Å²) >= 11 is 1.56. The van der Waals surface area contributed by atoms with Crippen LogP contribution in [0.5, 0.6) is 0 Å². The van der Waals surface area contributed by atoms with E-state index >= 15 is 0 Å². The maximum Gasteiger partial charge on any atom is 0.282 e. The Kier molecular flexibility index (Phi) is 3.66. The minimum absolute atomic E-state index is 0.126. The number of nitrogens with zero attached hydrogens (tertiary/aromatic N) is 3. The Hall–Kier alpha value is -2.27. The number of hydrogen-bond donors (Lipinski definition) is 0. The third kappa shape index (κ3) is 2.78. The zero-order valence-corrected chi connectivity index (χ0v) is 12.7. The van der Waals surface area contributed by atoms with Crippen LogP contribution in [0.1, 0.15) is 22.9 Å². The molecule has 2 heterocycles.